The van der Waals surface area contributed by atoms with Gasteiger partial charge in [-0.05, 0) is 17.7 Å². The molecule has 0 unspecified atom stereocenters. The van der Waals surface area contributed by atoms with Crippen molar-refractivity contribution in [1.82, 2.24) is 15.0 Å². The topological polar surface area (TPSA) is 79.2 Å². The van der Waals surface area contributed by atoms with Crippen molar-refractivity contribution >= 4 is 11.9 Å². The molecule has 0 aliphatic heterocycles. The lowest BCUT2D eigenvalue weighted by molar-refractivity contribution is 0.0690. The molecular formula is C12H12N4O2. The van der Waals surface area contributed by atoms with E-state index >= 15 is 0 Å². The summed E-state index contributed by atoms with van der Waals surface area (Å²) in [7, 11) is 1.80. The van der Waals surface area contributed by atoms with E-state index < -0.39 is 5.97 Å². The zero-order valence-corrected chi connectivity index (χ0v) is 9.82. The van der Waals surface area contributed by atoms with Crippen molar-refractivity contribution in [3.63, 3.8) is 0 Å². The summed E-state index contributed by atoms with van der Waals surface area (Å²) >= 11 is 0. The van der Waals surface area contributed by atoms with Gasteiger partial charge in [0.1, 0.15) is 0 Å². The highest BCUT2D eigenvalue weighted by Crippen LogP contribution is 2.09. The highest BCUT2D eigenvalue weighted by molar-refractivity contribution is 5.85. The first-order valence-electron chi connectivity index (χ1n) is 5.33. The Morgan fingerprint density at radius 3 is 2.89 bits per heavy atom. The number of pyridine rings is 1. The lowest BCUT2D eigenvalue weighted by Gasteiger charge is -2.16. The summed E-state index contributed by atoms with van der Waals surface area (Å²) in [5.74, 6) is -0.688. The quantitative estimate of drug-likeness (QED) is 0.870. The highest BCUT2D eigenvalue weighted by Gasteiger charge is 2.09. The average molecular weight is 244 g/mol. The summed E-state index contributed by atoms with van der Waals surface area (Å²) in [6.07, 6.45) is 4.88. The standard InChI is InChI=1S/C12H12N4O2/c1-16(8-9-3-2-5-13-7-9)12-14-6-4-10(15-12)11(17)18/h2-7H,8H2,1H3,(H,17,18). The molecule has 0 radical (unpaired) electrons. The number of carboxylic acid groups (broad SMARTS) is 1. The van der Waals surface area contributed by atoms with Crippen LogP contribution in [0.5, 0.6) is 0 Å². The number of aromatic nitrogens is 3. The molecule has 0 aromatic carbocycles. The van der Waals surface area contributed by atoms with Crippen LogP contribution in [0.25, 0.3) is 0 Å². The lowest BCUT2D eigenvalue weighted by atomic mass is 10.3. The van der Waals surface area contributed by atoms with Crippen molar-refractivity contribution in [3.05, 3.63) is 48.0 Å². The molecule has 0 saturated heterocycles. The minimum absolute atomic E-state index is 0.0157. The second-order valence-electron chi connectivity index (χ2n) is 3.76. The molecule has 0 bridgehead atoms. The number of carbonyl (C=O) groups is 1. The Balaban J connectivity index is 2.16. The maximum absolute atomic E-state index is 10.8. The zero-order chi connectivity index (χ0) is 13.0. The maximum atomic E-state index is 10.8. The van der Waals surface area contributed by atoms with Crippen LogP contribution in [0.3, 0.4) is 0 Å². The lowest BCUT2D eigenvalue weighted by Crippen LogP contribution is -2.20. The fourth-order valence-corrected chi connectivity index (χ4v) is 1.49. The van der Waals surface area contributed by atoms with Crippen LogP contribution < -0.4 is 4.90 Å². The zero-order valence-electron chi connectivity index (χ0n) is 9.82. The van der Waals surface area contributed by atoms with Gasteiger partial charge in [-0.1, -0.05) is 6.07 Å². The van der Waals surface area contributed by atoms with Crippen LogP contribution in [0.15, 0.2) is 36.8 Å². The first-order chi connectivity index (χ1) is 8.66. The molecule has 6 heteroatoms. The molecule has 0 atom stereocenters. The molecule has 18 heavy (non-hydrogen) atoms. The third-order valence-corrected chi connectivity index (χ3v) is 2.35. The number of hydrogen-bond donors (Lipinski definition) is 1. The van der Waals surface area contributed by atoms with Crippen LogP contribution in [0, 0.1) is 0 Å². The molecule has 0 aliphatic carbocycles. The molecule has 1 N–H and O–H groups in total. The van der Waals surface area contributed by atoms with E-state index in [2.05, 4.69) is 15.0 Å². The van der Waals surface area contributed by atoms with Gasteiger partial charge in [-0.25, -0.2) is 14.8 Å². The Morgan fingerprint density at radius 1 is 1.39 bits per heavy atom. The maximum Gasteiger partial charge on any atom is 0.354 e. The van der Waals surface area contributed by atoms with Crippen LogP contribution in [0.1, 0.15) is 16.1 Å². The summed E-state index contributed by atoms with van der Waals surface area (Å²) in [5.41, 5.74) is 0.988. The number of nitrogens with zero attached hydrogens (tertiary/aromatic N) is 4. The fourth-order valence-electron chi connectivity index (χ4n) is 1.49. The van der Waals surface area contributed by atoms with Gasteiger partial charge in [0.25, 0.3) is 0 Å². The predicted molar refractivity (Wildman–Crippen MR) is 65.3 cm³/mol. The minimum atomic E-state index is -1.06. The average Bonchev–Trinajstić information content (AvgIpc) is 2.40. The SMILES string of the molecule is CN(Cc1cccnc1)c1nccc(C(=O)O)n1. The van der Waals surface area contributed by atoms with Gasteiger partial charge in [-0.2, -0.15) is 0 Å². The van der Waals surface area contributed by atoms with Gasteiger partial charge in [0.05, 0.1) is 0 Å². The smallest absolute Gasteiger partial charge is 0.354 e. The van der Waals surface area contributed by atoms with E-state index in [-0.39, 0.29) is 5.69 Å². The van der Waals surface area contributed by atoms with Crippen molar-refractivity contribution in [2.75, 3.05) is 11.9 Å². The monoisotopic (exact) mass is 244 g/mol. The Kier molecular flexibility index (Phi) is 3.47. The van der Waals surface area contributed by atoms with E-state index in [4.69, 9.17) is 5.11 Å². The minimum Gasteiger partial charge on any atom is -0.477 e. The largest absolute Gasteiger partial charge is 0.477 e. The van der Waals surface area contributed by atoms with Gasteiger partial charge in [0, 0.05) is 32.2 Å². The van der Waals surface area contributed by atoms with E-state index in [0.717, 1.165) is 5.56 Å². The third-order valence-electron chi connectivity index (χ3n) is 2.35. The van der Waals surface area contributed by atoms with Gasteiger partial charge < -0.3 is 10.0 Å². The fraction of sp³-hybridized carbons (Fsp3) is 0.167. The van der Waals surface area contributed by atoms with E-state index in [9.17, 15) is 4.79 Å². The molecule has 0 spiro atoms. The Morgan fingerprint density at radius 2 is 2.22 bits per heavy atom. The molecule has 2 aromatic heterocycles. The van der Waals surface area contributed by atoms with Gasteiger partial charge in [-0.3, -0.25) is 4.98 Å². The van der Waals surface area contributed by atoms with Crippen LogP contribution in [0.2, 0.25) is 0 Å². The van der Waals surface area contributed by atoms with Gasteiger partial charge in [0.2, 0.25) is 5.95 Å². The van der Waals surface area contributed by atoms with Crippen molar-refractivity contribution < 1.29 is 9.90 Å². The van der Waals surface area contributed by atoms with Crippen LogP contribution in [0.4, 0.5) is 5.95 Å². The molecule has 0 amide bonds. The normalized spacial score (nSPS) is 10.1. The first-order valence-corrected chi connectivity index (χ1v) is 5.33. The molecule has 6 nitrogen and oxygen atoms in total. The molecule has 2 rings (SSSR count). The number of rotatable bonds is 4. The van der Waals surface area contributed by atoms with Gasteiger partial charge in [-0.15, -0.1) is 0 Å². The van der Waals surface area contributed by atoms with E-state index in [0.29, 0.717) is 12.5 Å². The van der Waals surface area contributed by atoms with Gasteiger partial charge in [0.15, 0.2) is 5.69 Å². The van der Waals surface area contributed by atoms with Crippen molar-refractivity contribution in [2.45, 2.75) is 6.54 Å². The van der Waals surface area contributed by atoms with Crippen molar-refractivity contribution in [3.8, 4) is 0 Å². The molecule has 2 heterocycles. The predicted octanol–water partition coefficient (Wildman–Crippen LogP) is 1.21. The van der Waals surface area contributed by atoms with Crippen LogP contribution >= 0.6 is 0 Å². The molecule has 2 aromatic rings. The second-order valence-corrected chi connectivity index (χ2v) is 3.76. The molecule has 0 saturated carbocycles. The van der Waals surface area contributed by atoms with Gasteiger partial charge >= 0.3 is 5.97 Å². The molecule has 92 valence electrons. The summed E-state index contributed by atoms with van der Waals surface area (Å²) in [6.45, 7) is 0.566. The van der Waals surface area contributed by atoms with Crippen LogP contribution in [-0.4, -0.2) is 33.1 Å². The van der Waals surface area contributed by atoms with E-state index in [1.807, 2.05) is 12.1 Å². The summed E-state index contributed by atoms with van der Waals surface area (Å²) in [4.78, 5) is 24.6. The molecule has 0 fully saturated rings. The number of anilines is 1. The van der Waals surface area contributed by atoms with Crippen LogP contribution in [-0.2, 0) is 6.54 Å². The highest BCUT2D eigenvalue weighted by atomic mass is 16.4. The first kappa shape index (κ1) is 12.0. The number of hydrogen-bond acceptors (Lipinski definition) is 5. The van der Waals surface area contributed by atoms with E-state index in [1.54, 1.807) is 24.3 Å². The van der Waals surface area contributed by atoms with Crippen molar-refractivity contribution in [1.29, 1.82) is 0 Å². The molecular weight excluding hydrogens is 232 g/mol. The van der Waals surface area contributed by atoms with E-state index in [1.165, 1.54) is 12.3 Å². The Labute approximate surface area is 104 Å². The third kappa shape index (κ3) is 2.79. The Bertz CT molecular complexity index is 545. The summed E-state index contributed by atoms with van der Waals surface area (Å²) in [5, 5.41) is 8.86. The molecule has 0 aliphatic rings. The second kappa shape index (κ2) is 5.22. The Hall–Kier alpha value is -2.50. The number of carboxylic acids is 1. The summed E-state index contributed by atoms with van der Waals surface area (Å²) in [6, 6.07) is 5.14. The summed E-state index contributed by atoms with van der Waals surface area (Å²) < 4.78 is 0. The number of aromatic carboxylic acids is 1. The van der Waals surface area contributed by atoms with Crippen molar-refractivity contribution in [2.24, 2.45) is 0 Å².